The quantitative estimate of drug-likeness (QED) is 0.142. The first-order valence-electron chi connectivity index (χ1n) is 28.6. The second-order valence-corrected chi connectivity index (χ2v) is 23.4. The molecule has 4 amide bonds. The van der Waals surface area contributed by atoms with Gasteiger partial charge in [0.1, 0.15) is 0 Å². The molecule has 4 heterocycles. The third-order valence-electron chi connectivity index (χ3n) is 18.0. The van der Waals surface area contributed by atoms with Crippen molar-refractivity contribution in [2.24, 2.45) is 35.5 Å². The molecular formula is C57H100N8O4. The maximum atomic E-state index is 12.6. The minimum Gasteiger partial charge on any atom is -0.338 e. The molecule has 9 aliphatic rings. The molecule has 0 spiro atoms. The molecule has 12 atom stereocenters. The number of amides is 4. The zero-order chi connectivity index (χ0) is 49.5. The van der Waals surface area contributed by atoms with Crippen LogP contribution in [-0.2, 0) is 19.2 Å². The molecule has 69 heavy (non-hydrogen) atoms. The van der Waals surface area contributed by atoms with Crippen molar-refractivity contribution in [2.45, 2.75) is 224 Å². The summed E-state index contributed by atoms with van der Waals surface area (Å²) in [5, 5.41) is 12.8. The van der Waals surface area contributed by atoms with Gasteiger partial charge in [-0.15, -0.1) is 0 Å². The number of carbonyl (C=O) groups is 4. The normalized spacial score (nSPS) is 36.0. The van der Waals surface area contributed by atoms with Crippen LogP contribution in [0.5, 0.6) is 0 Å². The molecule has 0 aromatic heterocycles. The maximum Gasteiger partial charge on any atom is 0.239 e. The first-order chi connectivity index (χ1) is 33.3. The van der Waals surface area contributed by atoms with Gasteiger partial charge >= 0.3 is 0 Å². The van der Waals surface area contributed by atoms with E-state index in [-0.39, 0.29) is 24.2 Å². The molecule has 3 saturated carbocycles. The lowest BCUT2D eigenvalue weighted by molar-refractivity contribution is -0.136. The molecule has 392 valence electrons. The van der Waals surface area contributed by atoms with E-state index in [9.17, 15) is 19.2 Å². The van der Waals surface area contributed by atoms with E-state index in [1.54, 1.807) is 0 Å². The van der Waals surface area contributed by atoms with Crippen LogP contribution in [-0.4, -0.2) is 146 Å². The fraction of sp³-hybridized carbons (Fsp3) is 0.860. The van der Waals surface area contributed by atoms with E-state index in [2.05, 4.69) is 92.9 Å². The molecule has 0 aromatic rings. The number of nitrogens with zero attached hydrogens (tertiary/aromatic N) is 4. The number of hydrogen-bond donors (Lipinski definition) is 4. The predicted octanol–water partition coefficient (Wildman–Crippen LogP) is 8.07. The van der Waals surface area contributed by atoms with Crippen LogP contribution in [0.1, 0.15) is 175 Å². The molecule has 9 rings (SSSR count). The number of likely N-dealkylation sites (N-methyl/N-ethyl adjacent to an activating group) is 4. The Morgan fingerprint density at radius 2 is 0.739 bits per heavy atom. The average Bonchev–Trinajstić information content (AvgIpc) is 4.13. The van der Waals surface area contributed by atoms with E-state index in [0.717, 1.165) is 109 Å². The Balaban J connectivity index is 0.000000151. The minimum atomic E-state index is 0.0260. The number of hydrogen-bond acceptors (Lipinski definition) is 8. The Hall–Kier alpha value is -2.80. The summed E-state index contributed by atoms with van der Waals surface area (Å²) in [5.41, 5.74) is 0. The minimum absolute atomic E-state index is 0.0260. The fourth-order valence-electron chi connectivity index (χ4n) is 13.2. The summed E-state index contributed by atoms with van der Waals surface area (Å²) in [6, 6.07) is 2.08. The van der Waals surface area contributed by atoms with Gasteiger partial charge in [0.15, 0.2) is 0 Å². The van der Waals surface area contributed by atoms with E-state index < -0.39 is 0 Å². The number of rotatable bonds is 8. The van der Waals surface area contributed by atoms with E-state index in [1.807, 2.05) is 28.2 Å². The van der Waals surface area contributed by atoms with Crippen molar-refractivity contribution in [1.82, 2.24) is 40.9 Å². The van der Waals surface area contributed by atoms with Gasteiger partial charge in [-0.3, -0.25) is 19.2 Å². The van der Waals surface area contributed by atoms with Crippen LogP contribution < -0.4 is 21.3 Å². The SMILES string of the molecule is CNC1CC(C)CCN(C2CC=CC2)C1=O.CNC1CC(C)CCN(C2CC=CCC2)C1=O.CNC1CC(C)CCN(C2CCC3CC3C2)C1=O.CNC1CC(C)CCN(C2CCCCCC2)C1=O. The van der Waals surface area contributed by atoms with Crippen LogP contribution in [0, 0.1) is 35.5 Å². The Bertz CT molecular complexity index is 1620. The van der Waals surface area contributed by atoms with Crippen LogP contribution in [0.4, 0.5) is 0 Å². The lowest BCUT2D eigenvalue weighted by atomic mass is 9.94. The van der Waals surface area contributed by atoms with E-state index in [0.29, 0.717) is 71.5 Å². The molecule has 7 fully saturated rings. The van der Waals surface area contributed by atoms with Crippen molar-refractivity contribution < 1.29 is 19.2 Å². The molecule has 0 radical (unpaired) electrons. The van der Waals surface area contributed by atoms with Crippen LogP contribution in [0.25, 0.3) is 0 Å². The second-order valence-electron chi connectivity index (χ2n) is 23.4. The Morgan fingerprint density at radius 1 is 0.362 bits per heavy atom. The van der Waals surface area contributed by atoms with Crippen molar-refractivity contribution in [3.05, 3.63) is 24.3 Å². The van der Waals surface area contributed by atoms with E-state index in [1.165, 1.54) is 77.0 Å². The molecule has 0 bridgehead atoms. The Labute approximate surface area is 420 Å². The molecule has 12 heteroatoms. The highest BCUT2D eigenvalue weighted by atomic mass is 16.2. The Morgan fingerprint density at radius 3 is 1.13 bits per heavy atom. The van der Waals surface area contributed by atoms with Crippen LogP contribution in [0.2, 0.25) is 0 Å². The number of likely N-dealkylation sites (tertiary alicyclic amines) is 4. The van der Waals surface area contributed by atoms with Crippen LogP contribution in [0.15, 0.2) is 24.3 Å². The number of nitrogens with one attached hydrogen (secondary N) is 4. The van der Waals surface area contributed by atoms with Crippen molar-refractivity contribution in [2.75, 3.05) is 54.4 Å². The van der Waals surface area contributed by atoms with Crippen molar-refractivity contribution in [3.63, 3.8) is 0 Å². The van der Waals surface area contributed by atoms with Gasteiger partial charge in [0.2, 0.25) is 23.6 Å². The van der Waals surface area contributed by atoms with Gasteiger partial charge in [-0.1, -0.05) is 77.7 Å². The van der Waals surface area contributed by atoms with Gasteiger partial charge in [0, 0.05) is 50.3 Å². The highest BCUT2D eigenvalue weighted by molar-refractivity contribution is 5.84. The largest absolute Gasteiger partial charge is 0.338 e. The van der Waals surface area contributed by atoms with E-state index >= 15 is 0 Å². The third kappa shape index (κ3) is 15.8. The fourth-order valence-corrected chi connectivity index (χ4v) is 13.2. The summed E-state index contributed by atoms with van der Waals surface area (Å²) in [7, 11) is 7.65. The molecule has 12 nitrogen and oxygen atoms in total. The predicted molar refractivity (Wildman–Crippen MR) is 282 cm³/mol. The van der Waals surface area contributed by atoms with Gasteiger partial charge in [-0.2, -0.15) is 0 Å². The molecule has 4 N–H and O–H groups in total. The van der Waals surface area contributed by atoms with Crippen molar-refractivity contribution >= 4 is 23.6 Å². The second kappa shape index (κ2) is 27.9. The molecular weight excluding hydrogens is 861 g/mol. The highest BCUT2D eigenvalue weighted by Crippen LogP contribution is 2.50. The smallest absolute Gasteiger partial charge is 0.239 e. The molecule has 4 saturated heterocycles. The zero-order valence-corrected chi connectivity index (χ0v) is 44.9. The topological polar surface area (TPSA) is 129 Å². The summed E-state index contributed by atoms with van der Waals surface area (Å²) >= 11 is 0. The van der Waals surface area contributed by atoms with Crippen molar-refractivity contribution in [1.29, 1.82) is 0 Å². The van der Waals surface area contributed by atoms with Gasteiger partial charge in [-0.25, -0.2) is 0 Å². The third-order valence-corrected chi connectivity index (χ3v) is 18.0. The number of fused-ring (bicyclic) bond motifs is 1. The van der Waals surface area contributed by atoms with Gasteiger partial charge < -0.3 is 40.9 Å². The van der Waals surface area contributed by atoms with E-state index in [4.69, 9.17) is 0 Å². The number of carbonyl (C=O) groups excluding carboxylic acids is 4. The summed E-state index contributed by atoms with van der Waals surface area (Å²) in [6.07, 6.45) is 35.9. The number of allylic oxidation sites excluding steroid dienone is 1. The lowest BCUT2D eigenvalue weighted by Crippen LogP contribution is -2.49. The first kappa shape index (κ1) is 55.5. The average molecular weight is 961 g/mol. The lowest BCUT2D eigenvalue weighted by Gasteiger charge is -2.35. The summed E-state index contributed by atoms with van der Waals surface area (Å²) in [5.74, 6) is 5.90. The van der Waals surface area contributed by atoms with Crippen LogP contribution in [0.3, 0.4) is 0 Å². The van der Waals surface area contributed by atoms with Gasteiger partial charge in [0.05, 0.1) is 24.2 Å². The summed E-state index contributed by atoms with van der Waals surface area (Å²) in [6.45, 7) is 12.9. The van der Waals surface area contributed by atoms with Crippen LogP contribution >= 0.6 is 0 Å². The molecule has 4 aliphatic heterocycles. The summed E-state index contributed by atoms with van der Waals surface area (Å²) in [4.78, 5) is 58.7. The van der Waals surface area contributed by atoms with Crippen molar-refractivity contribution in [3.8, 4) is 0 Å². The molecule has 0 aromatic carbocycles. The summed E-state index contributed by atoms with van der Waals surface area (Å²) < 4.78 is 0. The first-order valence-corrected chi connectivity index (χ1v) is 28.6. The van der Waals surface area contributed by atoms with Gasteiger partial charge in [0.25, 0.3) is 0 Å². The molecule has 12 unspecified atom stereocenters. The monoisotopic (exact) mass is 961 g/mol. The zero-order valence-electron chi connectivity index (χ0n) is 44.9. The highest BCUT2D eigenvalue weighted by Gasteiger charge is 2.45. The molecule has 5 aliphatic carbocycles. The maximum absolute atomic E-state index is 12.6. The standard InChI is InChI=1S/C15H26N2O.C15H28N2O.C14H24N2O.C13H22N2O/c1-10-5-6-17(15(18)14(7-10)16-2)13-4-3-11-8-12(11)9-13;1-12-9-10-17(15(18)14(11-12)16-2)13-7-5-3-4-6-8-13;1-11-8-9-16(12-6-4-3-5-7-12)14(17)13(10-11)15-2;1-10-7-8-15(11-5-3-4-6-11)13(16)12(9-10)14-2/h10-14,16H,3-9H2,1-2H3;12-14,16H,3-11H2,1-2H3;3-4,11-13,15H,5-10H2,1-2H3;3-4,10-12,14H,5-9H2,1-2H3. The Kier molecular flexibility index (Phi) is 22.4. The van der Waals surface area contributed by atoms with Gasteiger partial charge in [-0.05, 0) is 186 Å².